The quantitative estimate of drug-likeness (QED) is 0.698. The second-order valence-electron chi connectivity index (χ2n) is 7.44. The van der Waals surface area contributed by atoms with E-state index in [2.05, 4.69) is 26.9 Å². The zero-order chi connectivity index (χ0) is 21.7. The smallest absolute Gasteiger partial charge is 0.240 e. The van der Waals surface area contributed by atoms with Gasteiger partial charge in [0.05, 0.1) is 4.90 Å². The summed E-state index contributed by atoms with van der Waals surface area (Å²) in [5.41, 5.74) is 2.92. The van der Waals surface area contributed by atoms with Gasteiger partial charge in [-0.1, -0.05) is 0 Å². The first kappa shape index (κ1) is 22.2. The van der Waals surface area contributed by atoms with Crippen molar-refractivity contribution in [1.82, 2.24) is 9.62 Å². The Balaban J connectivity index is 1.51. The highest BCUT2D eigenvalue weighted by Crippen LogP contribution is 2.24. The summed E-state index contributed by atoms with van der Waals surface area (Å²) in [6.07, 6.45) is -0.0142. The van der Waals surface area contributed by atoms with E-state index in [-0.39, 0.29) is 23.8 Å². The maximum absolute atomic E-state index is 12.9. The Morgan fingerprint density at radius 1 is 1.07 bits per heavy atom. The molecule has 1 aliphatic heterocycles. The fourth-order valence-electron chi connectivity index (χ4n) is 3.35. The summed E-state index contributed by atoms with van der Waals surface area (Å²) in [4.78, 5) is 16.8. The average molecular weight is 435 g/mol. The third-order valence-corrected chi connectivity index (χ3v) is 6.57. The molecule has 1 aliphatic rings. The highest BCUT2D eigenvalue weighted by atomic mass is 32.2. The lowest BCUT2D eigenvalue weighted by Gasteiger charge is -2.35. The van der Waals surface area contributed by atoms with E-state index < -0.39 is 15.8 Å². The summed E-state index contributed by atoms with van der Waals surface area (Å²) >= 11 is 0. The Morgan fingerprint density at radius 3 is 2.37 bits per heavy atom. The molecule has 0 aliphatic carbocycles. The van der Waals surface area contributed by atoms with Gasteiger partial charge in [-0.25, -0.2) is 17.5 Å². The number of anilines is 2. The molecule has 0 radical (unpaired) electrons. The van der Waals surface area contributed by atoms with Crippen molar-refractivity contribution < 1.29 is 17.6 Å². The maximum Gasteiger partial charge on any atom is 0.240 e. The molecule has 2 aromatic carbocycles. The fourth-order valence-corrected chi connectivity index (χ4v) is 4.39. The van der Waals surface area contributed by atoms with Gasteiger partial charge in [-0.15, -0.1) is 0 Å². The fraction of sp³-hybridized carbons (Fsp3) is 0.381. The molecular weight excluding hydrogens is 407 g/mol. The first-order valence-electron chi connectivity index (χ1n) is 9.84. The number of carbonyl (C=O) groups excluding carboxylic acids is 1. The van der Waals surface area contributed by atoms with Crippen LogP contribution >= 0.6 is 0 Å². The van der Waals surface area contributed by atoms with Gasteiger partial charge >= 0.3 is 0 Å². The zero-order valence-electron chi connectivity index (χ0n) is 17.2. The number of hydrogen-bond acceptors (Lipinski definition) is 5. The van der Waals surface area contributed by atoms with Crippen molar-refractivity contribution in [2.24, 2.45) is 0 Å². The zero-order valence-corrected chi connectivity index (χ0v) is 18.0. The topological polar surface area (TPSA) is 81.8 Å². The lowest BCUT2D eigenvalue weighted by molar-refractivity contribution is -0.116. The molecular formula is C21H27FN4O3S. The van der Waals surface area contributed by atoms with Crippen LogP contribution < -0.4 is 14.9 Å². The van der Waals surface area contributed by atoms with E-state index in [1.165, 1.54) is 12.1 Å². The van der Waals surface area contributed by atoms with Crippen LogP contribution in [0.2, 0.25) is 0 Å². The number of likely N-dealkylation sites (N-methyl/N-ethyl adjacent to an activating group) is 1. The van der Waals surface area contributed by atoms with Gasteiger partial charge in [0.15, 0.2) is 0 Å². The van der Waals surface area contributed by atoms with Crippen LogP contribution in [0, 0.1) is 12.7 Å². The lowest BCUT2D eigenvalue weighted by atomic mass is 10.1. The van der Waals surface area contributed by atoms with E-state index >= 15 is 0 Å². The molecule has 0 unspecified atom stereocenters. The first-order valence-corrected chi connectivity index (χ1v) is 11.3. The molecule has 9 heteroatoms. The number of sulfonamides is 1. The van der Waals surface area contributed by atoms with Crippen molar-refractivity contribution in [2.75, 3.05) is 50.0 Å². The van der Waals surface area contributed by atoms with E-state index in [0.29, 0.717) is 5.69 Å². The number of nitrogens with zero attached hydrogens (tertiary/aromatic N) is 2. The number of piperazine rings is 1. The summed E-state index contributed by atoms with van der Waals surface area (Å²) in [5.74, 6) is -0.800. The van der Waals surface area contributed by atoms with Crippen LogP contribution in [0.15, 0.2) is 47.4 Å². The van der Waals surface area contributed by atoms with Crippen LogP contribution in [0.3, 0.4) is 0 Å². The van der Waals surface area contributed by atoms with E-state index in [0.717, 1.165) is 49.6 Å². The van der Waals surface area contributed by atoms with Gasteiger partial charge in [0.25, 0.3) is 0 Å². The number of hydrogen-bond donors (Lipinski definition) is 2. The molecule has 1 amide bonds. The van der Waals surface area contributed by atoms with Crippen molar-refractivity contribution in [3.63, 3.8) is 0 Å². The predicted octanol–water partition coefficient (Wildman–Crippen LogP) is 2.19. The van der Waals surface area contributed by atoms with Crippen LogP contribution in [0.1, 0.15) is 12.0 Å². The van der Waals surface area contributed by atoms with Crippen LogP contribution in [0.4, 0.5) is 15.8 Å². The largest absolute Gasteiger partial charge is 0.369 e. The Labute approximate surface area is 176 Å². The van der Waals surface area contributed by atoms with Crippen LogP contribution in [0.25, 0.3) is 0 Å². The molecule has 30 heavy (non-hydrogen) atoms. The Morgan fingerprint density at radius 2 is 1.73 bits per heavy atom. The normalized spacial score (nSPS) is 15.2. The molecule has 0 atom stereocenters. The molecule has 7 nitrogen and oxygen atoms in total. The monoisotopic (exact) mass is 434 g/mol. The maximum atomic E-state index is 12.9. The van der Waals surface area contributed by atoms with Gasteiger partial charge in [0.2, 0.25) is 15.9 Å². The first-order chi connectivity index (χ1) is 14.2. The third-order valence-electron chi connectivity index (χ3n) is 5.09. The SMILES string of the molecule is Cc1cc(NC(=O)CCNS(=O)(=O)c2ccc(F)cc2)ccc1N1CCN(C)CC1. The molecule has 0 aromatic heterocycles. The van der Waals surface area contributed by atoms with Gasteiger partial charge in [0.1, 0.15) is 5.82 Å². The van der Waals surface area contributed by atoms with Crippen molar-refractivity contribution in [3.05, 3.63) is 53.8 Å². The summed E-state index contributed by atoms with van der Waals surface area (Å²) in [6, 6.07) is 10.3. The minimum absolute atomic E-state index is 0.0142. The van der Waals surface area contributed by atoms with Crippen molar-refractivity contribution in [2.45, 2.75) is 18.2 Å². The Hall–Kier alpha value is -2.49. The number of rotatable bonds is 7. The highest BCUT2D eigenvalue weighted by Gasteiger charge is 2.17. The van der Waals surface area contributed by atoms with E-state index in [9.17, 15) is 17.6 Å². The molecule has 0 saturated carbocycles. The van der Waals surface area contributed by atoms with Gasteiger partial charge in [0, 0.05) is 50.5 Å². The minimum atomic E-state index is -3.78. The number of amides is 1. The summed E-state index contributed by atoms with van der Waals surface area (Å²) in [5, 5.41) is 2.80. The standard InChI is InChI=1S/C21H27FN4O3S/c1-16-15-18(5-8-20(16)26-13-11-25(2)12-14-26)24-21(27)9-10-23-30(28,29)19-6-3-17(22)4-7-19/h3-8,15,23H,9-14H2,1-2H3,(H,24,27). The molecule has 2 N–H and O–H groups in total. The van der Waals surface area contributed by atoms with Gasteiger partial charge in [-0.05, 0) is 62.0 Å². The predicted molar refractivity (Wildman–Crippen MR) is 116 cm³/mol. The lowest BCUT2D eigenvalue weighted by Crippen LogP contribution is -2.44. The third kappa shape index (κ3) is 5.78. The number of nitrogens with one attached hydrogen (secondary N) is 2. The minimum Gasteiger partial charge on any atom is -0.369 e. The second kappa shape index (κ2) is 9.55. The molecule has 1 saturated heterocycles. The summed E-state index contributed by atoms with van der Waals surface area (Å²) in [6.45, 7) is 5.94. The van der Waals surface area contributed by atoms with Crippen molar-refractivity contribution in [3.8, 4) is 0 Å². The molecule has 3 rings (SSSR count). The molecule has 2 aromatic rings. The molecule has 162 valence electrons. The number of halogens is 1. The number of benzene rings is 2. The molecule has 0 bridgehead atoms. The van der Waals surface area contributed by atoms with Crippen molar-refractivity contribution >= 4 is 27.3 Å². The highest BCUT2D eigenvalue weighted by molar-refractivity contribution is 7.89. The van der Waals surface area contributed by atoms with Gasteiger partial charge in [-0.2, -0.15) is 0 Å². The van der Waals surface area contributed by atoms with Gasteiger partial charge in [-0.3, -0.25) is 4.79 Å². The number of carbonyl (C=O) groups is 1. The Kier molecular flexibility index (Phi) is 7.06. The summed E-state index contributed by atoms with van der Waals surface area (Å²) < 4.78 is 39.6. The van der Waals surface area contributed by atoms with E-state index in [4.69, 9.17) is 0 Å². The van der Waals surface area contributed by atoms with Crippen molar-refractivity contribution in [1.29, 1.82) is 0 Å². The van der Waals surface area contributed by atoms with E-state index in [1.54, 1.807) is 0 Å². The second-order valence-corrected chi connectivity index (χ2v) is 9.21. The van der Waals surface area contributed by atoms with Crippen LogP contribution in [-0.4, -0.2) is 59.0 Å². The van der Waals surface area contributed by atoms with Crippen LogP contribution in [-0.2, 0) is 14.8 Å². The molecule has 0 spiro atoms. The summed E-state index contributed by atoms with van der Waals surface area (Å²) in [7, 11) is -1.67. The Bertz CT molecular complexity index is 988. The van der Waals surface area contributed by atoms with E-state index in [1.807, 2.05) is 25.1 Å². The average Bonchev–Trinajstić information content (AvgIpc) is 2.69. The molecule has 1 fully saturated rings. The molecule has 1 heterocycles. The van der Waals surface area contributed by atoms with Gasteiger partial charge < -0.3 is 15.1 Å². The number of aryl methyl sites for hydroxylation is 1. The van der Waals surface area contributed by atoms with Crippen LogP contribution in [0.5, 0.6) is 0 Å².